The summed E-state index contributed by atoms with van der Waals surface area (Å²) < 4.78 is 0. The normalized spacial score (nSPS) is 16.8. The van der Waals surface area contributed by atoms with E-state index in [1.807, 2.05) is 0 Å². The lowest BCUT2D eigenvalue weighted by molar-refractivity contribution is 0.143. The number of rotatable bonds is 5. The highest BCUT2D eigenvalue weighted by atomic mass is 16.3. The van der Waals surface area contributed by atoms with Crippen molar-refractivity contribution in [2.45, 2.75) is 44.8 Å². The highest BCUT2D eigenvalue weighted by Gasteiger charge is 2.01. The lowest BCUT2D eigenvalue weighted by Crippen LogP contribution is -2.06. The lowest BCUT2D eigenvalue weighted by Gasteiger charge is -2.07. The van der Waals surface area contributed by atoms with Crippen molar-refractivity contribution in [2.24, 2.45) is 0 Å². The molecule has 0 spiro atoms. The van der Waals surface area contributed by atoms with Gasteiger partial charge in [-0.3, -0.25) is 0 Å². The SMILES string of the molecule is [CH2]CC(O)CCCC(C)O. The van der Waals surface area contributed by atoms with Crippen LogP contribution in [0.2, 0.25) is 0 Å². The van der Waals surface area contributed by atoms with Crippen LogP contribution in [0.4, 0.5) is 0 Å². The second-order valence-electron chi connectivity index (χ2n) is 2.72. The molecule has 0 heterocycles. The van der Waals surface area contributed by atoms with Crippen molar-refractivity contribution in [3.8, 4) is 0 Å². The molecule has 0 saturated carbocycles. The van der Waals surface area contributed by atoms with E-state index in [-0.39, 0.29) is 12.2 Å². The summed E-state index contributed by atoms with van der Waals surface area (Å²) in [5.74, 6) is 0. The van der Waals surface area contributed by atoms with E-state index in [4.69, 9.17) is 10.2 Å². The van der Waals surface area contributed by atoms with Crippen molar-refractivity contribution < 1.29 is 10.2 Å². The molecule has 10 heavy (non-hydrogen) atoms. The van der Waals surface area contributed by atoms with Gasteiger partial charge in [-0.2, -0.15) is 0 Å². The minimum Gasteiger partial charge on any atom is -0.393 e. The van der Waals surface area contributed by atoms with Gasteiger partial charge in [0.1, 0.15) is 0 Å². The van der Waals surface area contributed by atoms with E-state index >= 15 is 0 Å². The van der Waals surface area contributed by atoms with Crippen LogP contribution in [0.5, 0.6) is 0 Å². The van der Waals surface area contributed by atoms with Crippen LogP contribution in [-0.4, -0.2) is 22.4 Å². The van der Waals surface area contributed by atoms with E-state index in [1.54, 1.807) is 6.92 Å². The van der Waals surface area contributed by atoms with Crippen LogP contribution < -0.4 is 0 Å². The molecule has 1 radical (unpaired) electrons. The maximum atomic E-state index is 9.03. The van der Waals surface area contributed by atoms with Crippen LogP contribution >= 0.6 is 0 Å². The summed E-state index contributed by atoms with van der Waals surface area (Å²) in [6.07, 6.45) is 2.47. The van der Waals surface area contributed by atoms with Gasteiger partial charge in [-0.15, -0.1) is 0 Å². The molecule has 2 unspecified atom stereocenters. The summed E-state index contributed by atoms with van der Waals surface area (Å²) in [5, 5.41) is 17.9. The molecule has 2 nitrogen and oxygen atoms in total. The average Bonchev–Trinajstić information content (AvgIpc) is 1.87. The van der Waals surface area contributed by atoms with Crippen LogP contribution in [0.25, 0.3) is 0 Å². The molecule has 61 valence electrons. The van der Waals surface area contributed by atoms with Crippen molar-refractivity contribution in [1.82, 2.24) is 0 Å². The van der Waals surface area contributed by atoms with Gasteiger partial charge in [-0.25, -0.2) is 0 Å². The van der Waals surface area contributed by atoms with E-state index in [2.05, 4.69) is 6.92 Å². The summed E-state index contributed by atoms with van der Waals surface area (Å²) >= 11 is 0. The molecule has 2 heteroatoms. The molecular formula is C8H17O2. The molecule has 0 aromatic heterocycles. The topological polar surface area (TPSA) is 40.5 Å². The van der Waals surface area contributed by atoms with Crippen molar-refractivity contribution >= 4 is 0 Å². The van der Waals surface area contributed by atoms with Crippen molar-refractivity contribution in [3.05, 3.63) is 6.92 Å². The predicted octanol–water partition coefficient (Wildman–Crippen LogP) is 1.12. The van der Waals surface area contributed by atoms with Gasteiger partial charge in [-0.1, -0.05) is 6.92 Å². The average molecular weight is 145 g/mol. The fourth-order valence-electron chi connectivity index (χ4n) is 0.793. The van der Waals surface area contributed by atoms with Gasteiger partial charge in [0.2, 0.25) is 0 Å². The maximum Gasteiger partial charge on any atom is 0.0540 e. The fourth-order valence-corrected chi connectivity index (χ4v) is 0.793. The zero-order valence-electron chi connectivity index (χ0n) is 6.58. The molecule has 0 bridgehead atoms. The molecule has 0 aromatic rings. The van der Waals surface area contributed by atoms with E-state index < -0.39 is 0 Å². The monoisotopic (exact) mass is 145 g/mol. The molecular weight excluding hydrogens is 128 g/mol. The van der Waals surface area contributed by atoms with Crippen LogP contribution in [0.15, 0.2) is 0 Å². The third-order valence-electron chi connectivity index (χ3n) is 1.49. The van der Waals surface area contributed by atoms with Gasteiger partial charge in [-0.05, 0) is 32.6 Å². The van der Waals surface area contributed by atoms with Gasteiger partial charge in [0.15, 0.2) is 0 Å². The Morgan fingerprint density at radius 3 is 2.30 bits per heavy atom. The van der Waals surface area contributed by atoms with Crippen molar-refractivity contribution in [3.63, 3.8) is 0 Å². The van der Waals surface area contributed by atoms with Gasteiger partial charge >= 0.3 is 0 Å². The Balaban J connectivity index is 3.03. The standard InChI is InChI=1S/C8H17O2/c1-3-8(10)6-4-5-7(2)9/h7-10H,1,3-6H2,2H3. The second kappa shape index (κ2) is 5.69. The maximum absolute atomic E-state index is 9.03. The van der Waals surface area contributed by atoms with Crippen LogP contribution in [-0.2, 0) is 0 Å². The molecule has 0 aromatic carbocycles. The fraction of sp³-hybridized carbons (Fsp3) is 0.875. The highest BCUT2D eigenvalue weighted by molar-refractivity contribution is 4.58. The molecule has 0 aliphatic carbocycles. The first-order valence-electron chi connectivity index (χ1n) is 3.82. The van der Waals surface area contributed by atoms with Crippen molar-refractivity contribution in [2.75, 3.05) is 0 Å². The molecule has 0 rings (SSSR count). The quantitative estimate of drug-likeness (QED) is 0.608. The molecule has 2 atom stereocenters. The highest BCUT2D eigenvalue weighted by Crippen LogP contribution is 2.05. The van der Waals surface area contributed by atoms with Gasteiger partial charge in [0.25, 0.3) is 0 Å². The molecule has 0 aliphatic rings. The largest absolute Gasteiger partial charge is 0.393 e. The number of aliphatic hydroxyl groups excluding tert-OH is 2. The summed E-state index contributed by atoms with van der Waals surface area (Å²) in [6, 6.07) is 0. The number of hydrogen-bond donors (Lipinski definition) is 2. The third kappa shape index (κ3) is 6.05. The molecule has 0 aliphatic heterocycles. The Bertz CT molecular complexity index is 71.7. The Morgan fingerprint density at radius 1 is 1.30 bits per heavy atom. The zero-order chi connectivity index (χ0) is 7.98. The Morgan fingerprint density at radius 2 is 1.90 bits per heavy atom. The van der Waals surface area contributed by atoms with Gasteiger partial charge in [0, 0.05) is 0 Å². The Kier molecular flexibility index (Phi) is 5.64. The minimum absolute atomic E-state index is 0.239. The molecule has 0 amide bonds. The van der Waals surface area contributed by atoms with Crippen LogP contribution in [0, 0.1) is 6.92 Å². The first kappa shape index (κ1) is 9.92. The van der Waals surface area contributed by atoms with E-state index in [1.165, 1.54) is 0 Å². The van der Waals surface area contributed by atoms with E-state index in [0.29, 0.717) is 6.42 Å². The first-order valence-corrected chi connectivity index (χ1v) is 3.82. The van der Waals surface area contributed by atoms with Gasteiger partial charge in [0.05, 0.1) is 12.2 Å². The molecule has 0 fully saturated rings. The third-order valence-corrected chi connectivity index (χ3v) is 1.49. The summed E-state index contributed by atoms with van der Waals surface area (Å²) in [5.41, 5.74) is 0. The number of aliphatic hydroxyl groups is 2. The zero-order valence-corrected chi connectivity index (χ0v) is 6.58. The predicted molar refractivity (Wildman–Crippen MR) is 41.5 cm³/mol. The van der Waals surface area contributed by atoms with Crippen LogP contribution in [0.1, 0.15) is 32.6 Å². The molecule has 2 N–H and O–H groups in total. The lowest BCUT2D eigenvalue weighted by atomic mass is 10.1. The minimum atomic E-state index is -0.279. The van der Waals surface area contributed by atoms with Crippen LogP contribution in [0.3, 0.4) is 0 Å². The van der Waals surface area contributed by atoms with Crippen molar-refractivity contribution in [1.29, 1.82) is 0 Å². The van der Waals surface area contributed by atoms with E-state index in [0.717, 1.165) is 19.3 Å². The van der Waals surface area contributed by atoms with E-state index in [9.17, 15) is 0 Å². The first-order chi connectivity index (χ1) is 4.66. The number of hydrogen-bond acceptors (Lipinski definition) is 2. The summed E-state index contributed by atoms with van der Waals surface area (Å²) in [7, 11) is 0. The second-order valence-corrected chi connectivity index (χ2v) is 2.72. The molecule has 0 saturated heterocycles. The summed E-state index contributed by atoms with van der Waals surface area (Å²) in [6.45, 7) is 5.33. The smallest absolute Gasteiger partial charge is 0.0540 e. The summed E-state index contributed by atoms with van der Waals surface area (Å²) in [4.78, 5) is 0. The Labute approximate surface area is 62.9 Å². The van der Waals surface area contributed by atoms with Gasteiger partial charge < -0.3 is 10.2 Å². The Hall–Kier alpha value is -0.0800.